The molecule has 4 rings (SSSR count). The summed E-state index contributed by atoms with van der Waals surface area (Å²) in [5, 5.41) is 3.16. The molecule has 0 fully saturated rings. The van der Waals surface area contributed by atoms with Gasteiger partial charge in [-0.2, -0.15) is 0 Å². The van der Waals surface area contributed by atoms with E-state index in [1.165, 1.54) is 6.33 Å². The monoisotopic (exact) mass is 336 g/mol. The summed E-state index contributed by atoms with van der Waals surface area (Å²) in [6.45, 7) is 0.230. The van der Waals surface area contributed by atoms with Crippen LogP contribution >= 0.6 is 0 Å². The summed E-state index contributed by atoms with van der Waals surface area (Å²) in [5.41, 5.74) is 14.3. The van der Waals surface area contributed by atoms with E-state index in [-0.39, 0.29) is 6.79 Å². The van der Waals surface area contributed by atoms with Crippen LogP contribution in [0, 0.1) is 0 Å². The highest BCUT2D eigenvalue weighted by atomic mass is 16.7. The zero-order valence-electron chi connectivity index (χ0n) is 13.2. The van der Waals surface area contributed by atoms with Gasteiger partial charge in [0.25, 0.3) is 0 Å². The topological polar surface area (TPSA) is 106 Å². The molecule has 2 aromatic carbocycles. The number of para-hydroxylation sites is 1. The molecule has 3 aromatic rings. The predicted octanol–water partition coefficient (Wildman–Crippen LogP) is 2.97. The molecule has 5 N–H and O–H groups in total. The second-order valence-electron chi connectivity index (χ2n) is 5.29. The second-order valence-corrected chi connectivity index (χ2v) is 5.29. The summed E-state index contributed by atoms with van der Waals surface area (Å²) in [5.74, 6) is 2.37. The van der Waals surface area contributed by atoms with Crippen molar-refractivity contribution in [3.05, 3.63) is 54.9 Å². The summed E-state index contributed by atoms with van der Waals surface area (Å²) in [7, 11) is 0. The second kappa shape index (κ2) is 6.44. The van der Waals surface area contributed by atoms with Gasteiger partial charge in [-0.1, -0.05) is 18.2 Å². The first-order valence-corrected chi connectivity index (χ1v) is 7.64. The molecule has 1 aromatic heterocycles. The van der Waals surface area contributed by atoms with Gasteiger partial charge < -0.3 is 20.5 Å². The number of ether oxygens (including phenoxy) is 2. The molecule has 0 amide bonds. The first-order chi connectivity index (χ1) is 12.3. The number of aromatic nitrogens is 2. The van der Waals surface area contributed by atoms with Crippen molar-refractivity contribution in [2.24, 2.45) is 0 Å². The van der Waals surface area contributed by atoms with Crippen LogP contribution in [0.5, 0.6) is 11.5 Å². The van der Waals surface area contributed by atoms with Crippen molar-refractivity contribution in [2.45, 2.75) is 0 Å². The summed E-state index contributed by atoms with van der Waals surface area (Å²) >= 11 is 0. The largest absolute Gasteiger partial charge is 0.454 e. The minimum atomic E-state index is 0.230. The van der Waals surface area contributed by atoms with E-state index in [4.69, 9.17) is 15.2 Å². The summed E-state index contributed by atoms with van der Waals surface area (Å²) < 4.78 is 10.7. The van der Waals surface area contributed by atoms with Crippen LogP contribution < -0.4 is 31.4 Å². The van der Waals surface area contributed by atoms with Crippen molar-refractivity contribution in [1.29, 1.82) is 0 Å². The van der Waals surface area contributed by atoms with Gasteiger partial charge in [-0.05, 0) is 24.3 Å². The van der Waals surface area contributed by atoms with Gasteiger partial charge in [0.15, 0.2) is 23.1 Å². The molecule has 0 aliphatic carbocycles. The van der Waals surface area contributed by atoms with Crippen LogP contribution in [0.1, 0.15) is 0 Å². The highest BCUT2D eigenvalue weighted by molar-refractivity contribution is 5.78. The Kier molecular flexibility index (Phi) is 3.83. The van der Waals surface area contributed by atoms with E-state index >= 15 is 0 Å². The van der Waals surface area contributed by atoms with E-state index in [1.807, 2.05) is 48.5 Å². The summed E-state index contributed by atoms with van der Waals surface area (Å²) in [4.78, 5) is 8.35. The Labute approximate surface area is 144 Å². The van der Waals surface area contributed by atoms with E-state index in [0.29, 0.717) is 23.1 Å². The van der Waals surface area contributed by atoms with Crippen LogP contribution in [0.2, 0.25) is 0 Å². The maximum Gasteiger partial charge on any atom is 0.231 e. The smallest absolute Gasteiger partial charge is 0.231 e. The Morgan fingerprint density at radius 2 is 1.64 bits per heavy atom. The van der Waals surface area contributed by atoms with E-state index < -0.39 is 0 Å². The average Bonchev–Trinajstić information content (AvgIpc) is 3.11. The summed E-state index contributed by atoms with van der Waals surface area (Å²) in [6.07, 6.45) is 1.43. The fraction of sp³-hybridized carbons (Fsp3) is 0.0588. The van der Waals surface area contributed by atoms with Gasteiger partial charge in [0, 0.05) is 11.8 Å². The van der Waals surface area contributed by atoms with Gasteiger partial charge in [-0.25, -0.2) is 9.97 Å². The molecule has 1 aliphatic rings. The van der Waals surface area contributed by atoms with Crippen molar-refractivity contribution >= 4 is 28.7 Å². The Balaban J connectivity index is 1.51. The van der Waals surface area contributed by atoms with E-state index in [1.54, 1.807) is 0 Å². The molecule has 0 saturated carbocycles. The third-order valence-electron chi connectivity index (χ3n) is 3.62. The normalized spacial score (nSPS) is 11.8. The molecule has 0 atom stereocenters. The first-order valence-electron chi connectivity index (χ1n) is 7.64. The fourth-order valence-electron chi connectivity index (χ4n) is 2.36. The lowest BCUT2D eigenvalue weighted by atomic mass is 10.2. The number of anilines is 5. The van der Waals surface area contributed by atoms with Crippen LogP contribution in [-0.4, -0.2) is 16.8 Å². The van der Waals surface area contributed by atoms with Gasteiger partial charge in [0.1, 0.15) is 12.0 Å². The van der Waals surface area contributed by atoms with Gasteiger partial charge >= 0.3 is 0 Å². The van der Waals surface area contributed by atoms with Crippen molar-refractivity contribution in [2.75, 3.05) is 28.7 Å². The SMILES string of the molecule is Nc1c(NNc2ccccc2)ncnc1Nc1ccc2c(c1)OCO2. The van der Waals surface area contributed by atoms with Crippen molar-refractivity contribution in [3.8, 4) is 11.5 Å². The number of rotatable bonds is 5. The lowest BCUT2D eigenvalue weighted by molar-refractivity contribution is 0.174. The maximum atomic E-state index is 6.16. The van der Waals surface area contributed by atoms with E-state index in [0.717, 1.165) is 17.1 Å². The number of hydrazine groups is 1. The third-order valence-corrected chi connectivity index (χ3v) is 3.62. The number of hydrogen-bond acceptors (Lipinski definition) is 8. The minimum Gasteiger partial charge on any atom is -0.454 e. The molecule has 0 spiro atoms. The predicted molar refractivity (Wildman–Crippen MR) is 96.0 cm³/mol. The van der Waals surface area contributed by atoms with Crippen molar-refractivity contribution in [3.63, 3.8) is 0 Å². The zero-order chi connectivity index (χ0) is 17.1. The van der Waals surface area contributed by atoms with Gasteiger partial charge in [0.05, 0.1) is 5.69 Å². The number of hydrogen-bond donors (Lipinski definition) is 4. The molecule has 0 saturated heterocycles. The van der Waals surface area contributed by atoms with Crippen molar-refractivity contribution in [1.82, 2.24) is 9.97 Å². The highest BCUT2D eigenvalue weighted by Crippen LogP contribution is 2.35. The number of fused-ring (bicyclic) bond motifs is 1. The minimum absolute atomic E-state index is 0.230. The van der Waals surface area contributed by atoms with Crippen LogP contribution in [0.4, 0.5) is 28.7 Å². The number of nitrogens with two attached hydrogens (primary N) is 1. The number of nitrogens with zero attached hydrogens (tertiary/aromatic N) is 2. The maximum absolute atomic E-state index is 6.16. The lowest BCUT2D eigenvalue weighted by Gasteiger charge is -2.14. The van der Waals surface area contributed by atoms with Gasteiger partial charge in [-0.3, -0.25) is 10.9 Å². The first kappa shape index (κ1) is 14.9. The molecule has 0 bridgehead atoms. The van der Waals surface area contributed by atoms with Crippen molar-refractivity contribution < 1.29 is 9.47 Å². The summed E-state index contributed by atoms with van der Waals surface area (Å²) in [6, 6.07) is 15.2. The number of nitrogens with one attached hydrogen (secondary N) is 3. The van der Waals surface area contributed by atoms with Crippen LogP contribution in [0.15, 0.2) is 54.9 Å². The fourth-order valence-corrected chi connectivity index (χ4v) is 2.36. The Morgan fingerprint density at radius 1 is 0.840 bits per heavy atom. The Morgan fingerprint density at radius 3 is 2.52 bits per heavy atom. The molecule has 8 nitrogen and oxygen atoms in total. The van der Waals surface area contributed by atoms with Crippen LogP contribution in [-0.2, 0) is 0 Å². The molecule has 8 heteroatoms. The van der Waals surface area contributed by atoms with Crippen LogP contribution in [0.3, 0.4) is 0 Å². The molecular weight excluding hydrogens is 320 g/mol. The Hall–Kier alpha value is -3.68. The lowest BCUT2D eigenvalue weighted by Crippen LogP contribution is -2.13. The zero-order valence-corrected chi connectivity index (χ0v) is 13.2. The Bertz CT molecular complexity index is 888. The molecule has 0 radical (unpaired) electrons. The molecule has 0 unspecified atom stereocenters. The third kappa shape index (κ3) is 3.18. The van der Waals surface area contributed by atoms with E-state index in [9.17, 15) is 0 Å². The van der Waals surface area contributed by atoms with Crippen LogP contribution in [0.25, 0.3) is 0 Å². The van der Waals surface area contributed by atoms with E-state index in [2.05, 4.69) is 26.1 Å². The van der Waals surface area contributed by atoms with Gasteiger partial charge in [-0.15, -0.1) is 0 Å². The molecule has 1 aliphatic heterocycles. The van der Waals surface area contributed by atoms with Gasteiger partial charge in [0.2, 0.25) is 6.79 Å². The quantitative estimate of drug-likeness (QED) is 0.527. The molecule has 25 heavy (non-hydrogen) atoms. The molecular formula is C17H16N6O2. The molecule has 2 heterocycles. The highest BCUT2D eigenvalue weighted by Gasteiger charge is 2.14. The molecule has 126 valence electrons. The standard InChI is InChI=1S/C17H16N6O2/c18-15-16(21-12-6-7-13-14(8-12)25-10-24-13)19-9-20-17(15)23-22-11-4-2-1-3-5-11/h1-9,22H,10,18H2,(H2,19,20,21,23). The average molecular weight is 336 g/mol. The number of nitrogen functional groups attached to an aromatic ring is 1. The number of benzene rings is 2.